The SMILES string of the molecule is Cc1ncn(CCNC(=O)[C@@H]2CCCC[C@@H]2C(=O)N2CCCC2)c1C. The van der Waals surface area contributed by atoms with Crippen molar-refractivity contribution in [3.63, 3.8) is 0 Å². The van der Waals surface area contributed by atoms with Gasteiger partial charge in [-0.2, -0.15) is 0 Å². The molecule has 2 heterocycles. The molecule has 138 valence electrons. The molecule has 1 saturated carbocycles. The zero-order valence-corrected chi connectivity index (χ0v) is 15.5. The van der Waals surface area contributed by atoms with E-state index in [1.165, 1.54) is 0 Å². The van der Waals surface area contributed by atoms with Gasteiger partial charge in [-0.25, -0.2) is 4.98 Å². The summed E-state index contributed by atoms with van der Waals surface area (Å²) in [5, 5.41) is 3.05. The lowest BCUT2D eigenvalue weighted by molar-refractivity contribution is -0.142. The minimum Gasteiger partial charge on any atom is -0.354 e. The van der Waals surface area contributed by atoms with Gasteiger partial charge in [0.25, 0.3) is 0 Å². The Balaban J connectivity index is 1.55. The highest BCUT2D eigenvalue weighted by Gasteiger charge is 2.38. The molecular formula is C19H30N4O2. The van der Waals surface area contributed by atoms with Gasteiger partial charge in [0.1, 0.15) is 0 Å². The standard InChI is InChI=1S/C19H30N4O2/c1-14-15(2)23(13-21-14)12-9-20-18(24)16-7-3-4-8-17(16)19(25)22-10-5-6-11-22/h13,16-17H,3-12H2,1-2H3,(H,20,24)/t16-,17+/m1/s1. The van der Waals surface area contributed by atoms with Gasteiger partial charge in [0, 0.05) is 43.7 Å². The Kier molecular flexibility index (Phi) is 5.76. The maximum absolute atomic E-state index is 12.8. The lowest BCUT2D eigenvalue weighted by Crippen LogP contribution is -2.45. The van der Waals surface area contributed by atoms with Crippen molar-refractivity contribution in [3.8, 4) is 0 Å². The first-order chi connectivity index (χ1) is 12.1. The van der Waals surface area contributed by atoms with Crippen molar-refractivity contribution in [1.82, 2.24) is 19.8 Å². The third-order valence-corrected chi connectivity index (χ3v) is 5.83. The topological polar surface area (TPSA) is 67.2 Å². The van der Waals surface area contributed by atoms with Crippen LogP contribution in [0.2, 0.25) is 0 Å². The fourth-order valence-corrected chi connectivity index (χ4v) is 4.11. The second-order valence-electron chi connectivity index (χ2n) is 7.43. The van der Waals surface area contributed by atoms with Gasteiger partial charge in [-0.05, 0) is 39.5 Å². The van der Waals surface area contributed by atoms with Gasteiger partial charge in [0.2, 0.25) is 11.8 Å². The first-order valence-electron chi connectivity index (χ1n) is 9.62. The number of aryl methyl sites for hydroxylation is 1. The van der Waals surface area contributed by atoms with E-state index in [0.29, 0.717) is 6.54 Å². The highest BCUT2D eigenvalue weighted by Crippen LogP contribution is 2.32. The predicted octanol–water partition coefficient (Wildman–Crippen LogP) is 2.04. The van der Waals surface area contributed by atoms with E-state index < -0.39 is 0 Å². The summed E-state index contributed by atoms with van der Waals surface area (Å²) in [6.07, 6.45) is 7.80. The molecule has 0 aromatic carbocycles. The highest BCUT2D eigenvalue weighted by molar-refractivity contribution is 5.88. The molecule has 0 unspecified atom stereocenters. The number of rotatable bonds is 5. The van der Waals surface area contributed by atoms with Crippen LogP contribution in [-0.4, -0.2) is 45.9 Å². The molecule has 1 aromatic rings. The lowest BCUT2D eigenvalue weighted by Gasteiger charge is -2.32. The van der Waals surface area contributed by atoms with Crippen LogP contribution in [-0.2, 0) is 16.1 Å². The van der Waals surface area contributed by atoms with Crippen LogP contribution in [0.5, 0.6) is 0 Å². The molecular weight excluding hydrogens is 316 g/mol. The summed E-state index contributed by atoms with van der Waals surface area (Å²) in [6, 6.07) is 0. The molecule has 0 bridgehead atoms. The average molecular weight is 346 g/mol. The van der Waals surface area contributed by atoms with Crippen LogP contribution in [0.15, 0.2) is 6.33 Å². The molecule has 2 amide bonds. The van der Waals surface area contributed by atoms with Gasteiger partial charge in [-0.1, -0.05) is 12.8 Å². The number of hydrogen-bond donors (Lipinski definition) is 1. The van der Waals surface area contributed by atoms with Crippen LogP contribution in [0.1, 0.15) is 49.9 Å². The van der Waals surface area contributed by atoms with Crippen molar-refractivity contribution >= 4 is 11.8 Å². The Morgan fingerprint density at radius 1 is 1.12 bits per heavy atom. The van der Waals surface area contributed by atoms with E-state index in [2.05, 4.69) is 14.9 Å². The number of amides is 2. The summed E-state index contributed by atoms with van der Waals surface area (Å²) < 4.78 is 2.06. The molecule has 6 heteroatoms. The minimum absolute atomic E-state index is 0.0479. The van der Waals surface area contributed by atoms with Crippen molar-refractivity contribution in [2.24, 2.45) is 11.8 Å². The van der Waals surface area contributed by atoms with E-state index in [1.54, 1.807) is 0 Å². The number of nitrogens with zero attached hydrogens (tertiary/aromatic N) is 3. The van der Waals surface area contributed by atoms with Crippen LogP contribution >= 0.6 is 0 Å². The molecule has 0 radical (unpaired) electrons. The van der Waals surface area contributed by atoms with Gasteiger partial charge in [-0.3, -0.25) is 9.59 Å². The zero-order chi connectivity index (χ0) is 17.8. The third-order valence-electron chi connectivity index (χ3n) is 5.83. The van der Waals surface area contributed by atoms with Crippen molar-refractivity contribution in [2.45, 2.75) is 58.9 Å². The molecule has 6 nitrogen and oxygen atoms in total. The Labute approximate surface area is 150 Å². The molecule has 1 aliphatic heterocycles. The van der Waals surface area contributed by atoms with E-state index in [-0.39, 0.29) is 23.7 Å². The van der Waals surface area contributed by atoms with Crippen LogP contribution in [0.3, 0.4) is 0 Å². The Bertz CT molecular complexity index is 619. The number of nitrogens with one attached hydrogen (secondary N) is 1. The van der Waals surface area contributed by atoms with Crippen LogP contribution in [0, 0.1) is 25.7 Å². The normalized spacial score (nSPS) is 23.7. The molecule has 2 fully saturated rings. The van der Waals surface area contributed by atoms with E-state index >= 15 is 0 Å². The molecule has 1 aliphatic carbocycles. The number of aromatic nitrogens is 2. The van der Waals surface area contributed by atoms with Crippen LogP contribution in [0.4, 0.5) is 0 Å². The molecule has 1 saturated heterocycles. The van der Waals surface area contributed by atoms with E-state index in [0.717, 1.165) is 69.5 Å². The number of carbonyl (C=O) groups is 2. The highest BCUT2D eigenvalue weighted by atomic mass is 16.2. The molecule has 2 aliphatic rings. The number of carbonyl (C=O) groups excluding carboxylic acids is 2. The van der Waals surface area contributed by atoms with E-state index in [1.807, 2.05) is 25.1 Å². The second kappa shape index (κ2) is 8.02. The van der Waals surface area contributed by atoms with Gasteiger partial charge >= 0.3 is 0 Å². The second-order valence-corrected chi connectivity index (χ2v) is 7.43. The summed E-state index contributed by atoms with van der Waals surface area (Å²) in [7, 11) is 0. The smallest absolute Gasteiger partial charge is 0.226 e. The zero-order valence-electron chi connectivity index (χ0n) is 15.5. The van der Waals surface area contributed by atoms with Gasteiger partial charge < -0.3 is 14.8 Å². The van der Waals surface area contributed by atoms with Crippen molar-refractivity contribution in [2.75, 3.05) is 19.6 Å². The van der Waals surface area contributed by atoms with E-state index in [9.17, 15) is 9.59 Å². The maximum Gasteiger partial charge on any atom is 0.226 e. The molecule has 1 aromatic heterocycles. The van der Waals surface area contributed by atoms with Crippen molar-refractivity contribution in [1.29, 1.82) is 0 Å². The van der Waals surface area contributed by atoms with Crippen molar-refractivity contribution in [3.05, 3.63) is 17.7 Å². The van der Waals surface area contributed by atoms with Gasteiger partial charge in [0.15, 0.2) is 0 Å². The average Bonchev–Trinajstić information content (AvgIpc) is 3.27. The Hall–Kier alpha value is -1.85. The number of imidazole rings is 1. The summed E-state index contributed by atoms with van der Waals surface area (Å²) in [5.41, 5.74) is 2.16. The molecule has 25 heavy (non-hydrogen) atoms. The number of likely N-dealkylation sites (tertiary alicyclic amines) is 1. The summed E-state index contributed by atoms with van der Waals surface area (Å²) in [4.78, 5) is 31.7. The molecule has 1 N–H and O–H groups in total. The maximum atomic E-state index is 12.8. The minimum atomic E-state index is -0.160. The molecule has 3 rings (SSSR count). The predicted molar refractivity (Wildman–Crippen MR) is 96.0 cm³/mol. The molecule has 2 atom stereocenters. The van der Waals surface area contributed by atoms with Gasteiger partial charge in [0.05, 0.1) is 12.0 Å². The monoisotopic (exact) mass is 346 g/mol. The summed E-state index contributed by atoms with van der Waals surface area (Å²) in [6.45, 7) is 7.05. The van der Waals surface area contributed by atoms with Crippen LogP contribution in [0.25, 0.3) is 0 Å². The quantitative estimate of drug-likeness (QED) is 0.887. The summed E-state index contributed by atoms with van der Waals surface area (Å²) in [5.74, 6) is -0.0262. The first-order valence-corrected chi connectivity index (χ1v) is 9.62. The van der Waals surface area contributed by atoms with Crippen molar-refractivity contribution < 1.29 is 9.59 Å². The fourth-order valence-electron chi connectivity index (χ4n) is 4.11. The Morgan fingerprint density at radius 3 is 2.44 bits per heavy atom. The lowest BCUT2D eigenvalue weighted by atomic mass is 9.78. The third kappa shape index (κ3) is 4.05. The largest absolute Gasteiger partial charge is 0.354 e. The van der Waals surface area contributed by atoms with Crippen LogP contribution < -0.4 is 5.32 Å². The molecule has 0 spiro atoms. The van der Waals surface area contributed by atoms with E-state index in [4.69, 9.17) is 0 Å². The fraction of sp³-hybridized carbons (Fsp3) is 0.737. The Morgan fingerprint density at radius 2 is 1.80 bits per heavy atom. The van der Waals surface area contributed by atoms with Gasteiger partial charge in [-0.15, -0.1) is 0 Å². The first kappa shape index (κ1) is 18.0. The summed E-state index contributed by atoms with van der Waals surface area (Å²) >= 11 is 0. The number of hydrogen-bond acceptors (Lipinski definition) is 3.